The maximum atomic E-state index is 12.8. The lowest BCUT2D eigenvalue weighted by molar-refractivity contribution is -0.138. The molecular weight excluding hydrogens is 459 g/mol. The molecule has 3 aromatic carbocycles. The van der Waals surface area contributed by atoms with Gasteiger partial charge in [0.25, 0.3) is 0 Å². The van der Waals surface area contributed by atoms with Gasteiger partial charge in [-0.15, -0.1) is 0 Å². The third-order valence-corrected chi connectivity index (χ3v) is 5.60. The van der Waals surface area contributed by atoms with Gasteiger partial charge in [0, 0.05) is 7.05 Å². The number of carboxylic acids is 1. The lowest BCUT2D eigenvalue weighted by Crippen LogP contribution is -2.13. The van der Waals surface area contributed by atoms with Gasteiger partial charge in [-0.3, -0.25) is 9.48 Å². The monoisotopic (exact) mass is 481 g/mol. The van der Waals surface area contributed by atoms with Gasteiger partial charge in [-0.1, -0.05) is 42.5 Å². The van der Waals surface area contributed by atoms with E-state index < -0.39 is 23.6 Å². The van der Waals surface area contributed by atoms with Crippen LogP contribution >= 0.6 is 0 Å². The summed E-state index contributed by atoms with van der Waals surface area (Å²) in [6.45, 7) is 0.260. The van der Waals surface area contributed by atoms with E-state index in [4.69, 9.17) is 4.74 Å². The highest BCUT2D eigenvalue weighted by Gasteiger charge is 2.30. The second-order valence-corrected chi connectivity index (χ2v) is 8.03. The molecule has 1 aromatic heterocycles. The van der Waals surface area contributed by atoms with Crippen LogP contribution < -0.4 is 4.74 Å². The number of halogens is 3. The van der Waals surface area contributed by atoms with Gasteiger partial charge in [-0.25, -0.2) is 4.98 Å². The molecule has 35 heavy (non-hydrogen) atoms. The van der Waals surface area contributed by atoms with E-state index in [0.717, 1.165) is 28.8 Å². The van der Waals surface area contributed by atoms with Gasteiger partial charge in [-0.2, -0.15) is 18.3 Å². The first-order chi connectivity index (χ1) is 16.7. The van der Waals surface area contributed by atoms with Crippen molar-refractivity contribution < 1.29 is 27.8 Å². The molecule has 0 aliphatic heterocycles. The van der Waals surface area contributed by atoms with E-state index in [2.05, 4.69) is 10.1 Å². The molecule has 0 radical (unpaired) electrons. The van der Waals surface area contributed by atoms with E-state index in [-0.39, 0.29) is 13.0 Å². The Morgan fingerprint density at radius 1 is 1.03 bits per heavy atom. The normalized spacial score (nSPS) is 12.3. The Hall–Kier alpha value is -4.14. The number of ether oxygens (including phenoxy) is 1. The smallest absolute Gasteiger partial charge is 0.416 e. The molecule has 0 fully saturated rings. The maximum Gasteiger partial charge on any atom is 0.416 e. The minimum absolute atomic E-state index is 0.122. The first kappa shape index (κ1) is 24.0. The number of alkyl halides is 3. The third kappa shape index (κ3) is 5.87. The van der Waals surface area contributed by atoms with Crippen LogP contribution in [0, 0.1) is 0 Å². The Balaban J connectivity index is 1.45. The van der Waals surface area contributed by atoms with E-state index in [9.17, 15) is 23.1 Å². The molecule has 0 spiro atoms. The lowest BCUT2D eigenvalue weighted by Gasteiger charge is -2.15. The lowest BCUT2D eigenvalue weighted by atomic mass is 9.95. The Bertz CT molecular complexity index is 1300. The van der Waals surface area contributed by atoms with Crippen molar-refractivity contribution in [1.29, 1.82) is 0 Å². The first-order valence-corrected chi connectivity index (χ1v) is 10.8. The number of carbonyl (C=O) groups is 1. The number of carboxylic acid groups (broad SMARTS) is 1. The highest BCUT2D eigenvalue weighted by atomic mass is 19.4. The zero-order valence-electron chi connectivity index (χ0n) is 18.7. The fraction of sp³-hybridized carbons (Fsp3) is 0.192. The summed E-state index contributed by atoms with van der Waals surface area (Å²) in [4.78, 5) is 15.6. The highest BCUT2D eigenvalue weighted by Crippen LogP contribution is 2.31. The van der Waals surface area contributed by atoms with E-state index in [1.165, 1.54) is 18.5 Å². The van der Waals surface area contributed by atoms with Gasteiger partial charge in [0.2, 0.25) is 0 Å². The van der Waals surface area contributed by atoms with Gasteiger partial charge in [0.15, 0.2) is 0 Å². The molecule has 1 atom stereocenters. The summed E-state index contributed by atoms with van der Waals surface area (Å²) in [5, 5.41) is 13.4. The van der Waals surface area contributed by atoms with E-state index in [1.807, 2.05) is 24.3 Å². The van der Waals surface area contributed by atoms with Crippen LogP contribution in [0.15, 0.2) is 79.1 Å². The van der Waals surface area contributed by atoms with Crippen LogP contribution in [-0.2, 0) is 24.6 Å². The Morgan fingerprint density at radius 2 is 1.74 bits per heavy atom. The van der Waals surface area contributed by atoms with Gasteiger partial charge in [0.1, 0.15) is 24.5 Å². The molecule has 180 valence electrons. The molecule has 0 aliphatic rings. The standard InChI is InChI=1S/C26H22F3N3O3/c1-32-25(30-16-31-32)23(14-24(33)34)19-7-11-22(12-8-19)35-15-17-3-2-4-20(13-17)18-5-9-21(10-6-18)26(27,28)29/h2-13,16,23H,14-15H2,1H3,(H,33,34)/t23-/m0/s1. The number of nitrogens with zero attached hydrogens (tertiary/aromatic N) is 3. The van der Waals surface area contributed by atoms with Gasteiger partial charge < -0.3 is 9.84 Å². The van der Waals surface area contributed by atoms with Crippen LogP contribution in [0.3, 0.4) is 0 Å². The second kappa shape index (κ2) is 10.0. The number of benzene rings is 3. The van der Waals surface area contributed by atoms with E-state index in [0.29, 0.717) is 17.1 Å². The number of aromatic nitrogens is 3. The topological polar surface area (TPSA) is 77.2 Å². The molecule has 0 bridgehead atoms. The number of aryl methyl sites for hydroxylation is 1. The average Bonchev–Trinajstić information content (AvgIpc) is 3.27. The van der Waals surface area contributed by atoms with Crippen LogP contribution in [0.2, 0.25) is 0 Å². The average molecular weight is 481 g/mol. The van der Waals surface area contributed by atoms with Crippen LogP contribution in [0.1, 0.15) is 34.9 Å². The largest absolute Gasteiger partial charge is 0.489 e. The van der Waals surface area contributed by atoms with Gasteiger partial charge >= 0.3 is 12.1 Å². The molecule has 6 nitrogen and oxygen atoms in total. The highest BCUT2D eigenvalue weighted by molar-refractivity contribution is 5.68. The van der Waals surface area contributed by atoms with E-state index >= 15 is 0 Å². The van der Waals surface area contributed by atoms with Crippen molar-refractivity contribution in [2.75, 3.05) is 0 Å². The van der Waals surface area contributed by atoms with Gasteiger partial charge in [0.05, 0.1) is 17.9 Å². The first-order valence-electron chi connectivity index (χ1n) is 10.8. The number of hydrogen-bond donors (Lipinski definition) is 1. The summed E-state index contributed by atoms with van der Waals surface area (Å²) in [6.07, 6.45) is -3.10. The van der Waals surface area contributed by atoms with Crippen molar-refractivity contribution in [2.24, 2.45) is 7.05 Å². The number of rotatable bonds is 8. The SMILES string of the molecule is Cn1ncnc1[C@@H](CC(=O)O)c1ccc(OCc2cccc(-c3ccc(C(F)(F)F)cc3)c2)cc1. The molecular formula is C26H22F3N3O3. The zero-order chi connectivity index (χ0) is 25.0. The third-order valence-electron chi connectivity index (χ3n) is 5.60. The second-order valence-electron chi connectivity index (χ2n) is 8.03. The maximum absolute atomic E-state index is 12.8. The Kier molecular flexibility index (Phi) is 6.86. The number of hydrogen-bond acceptors (Lipinski definition) is 4. The predicted octanol–water partition coefficient (Wildman–Crippen LogP) is 5.69. The van der Waals surface area contributed by atoms with Crippen molar-refractivity contribution in [1.82, 2.24) is 14.8 Å². The summed E-state index contributed by atoms with van der Waals surface area (Å²) in [6, 6.07) is 19.6. The van der Waals surface area contributed by atoms with Crippen molar-refractivity contribution >= 4 is 5.97 Å². The molecule has 0 amide bonds. The molecule has 1 heterocycles. The predicted molar refractivity (Wildman–Crippen MR) is 123 cm³/mol. The summed E-state index contributed by atoms with van der Waals surface area (Å²) in [7, 11) is 1.72. The summed E-state index contributed by atoms with van der Waals surface area (Å²) >= 11 is 0. The molecule has 4 rings (SSSR count). The molecule has 1 N–H and O–H groups in total. The van der Waals surface area contributed by atoms with Crippen molar-refractivity contribution in [3.8, 4) is 16.9 Å². The zero-order valence-corrected chi connectivity index (χ0v) is 18.7. The fourth-order valence-corrected chi connectivity index (χ4v) is 3.81. The summed E-state index contributed by atoms with van der Waals surface area (Å²) < 4.78 is 45.9. The molecule has 0 aliphatic carbocycles. The summed E-state index contributed by atoms with van der Waals surface area (Å²) in [5.41, 5.74) is 2.41. The van der Waals surface area contributed by atoms with E-state index in [1.54, 1.807) is 36.0 Å². The quantitative estimate of drug-likeness (QED) is 0.350. The fourth-order valence-electron chi connectivity index (χ4n) is 3.81. The van der Waals surface area contributed by atoms with Crippen LogP contribution in [0.5, 0.6) is 5.75 Å². The van der Waals surface area contributed by atoms with Crippen LogP contribution in [0.4, 0.5) is 13.2 Å². The number of aliphatic carboxylic acids is 1. The molecule has 9 heteroatoms. The van der Waals surface area contributed by atoms with Crippen LogP contribution in [-0.4, -0.2) is 25.8 Å². The van der Waals surface area contributed by atoms with Crippen molar-refractivity contribution in [3.63, 3.8) is 0 Å². The molecule has 0 unspecified atom stereocenters. The Morgan fingerprint density at radius 3 is 2.34 bits per heavy atom. The molecule has 0 saturated heterocycles. The molecule has 0 saturated carbocycles. The summed E-state index contributed by atoms with van der Waals surface area (Å²) in [5.74, 6) is -0.234. The molecule has 4 aromatic rings. The Labute approximate surface area is 199 Å². The minimum atomic E-state index is -4.37. The van der Waals surface area contributed by atoms with Gasteiger partial charge in [-0.05, 0) is 52.6 Å². The van der Waals surface area contributed by atoms with Crippen molar-refractivity contribution in [3.05, 3.63) is 102 Å². The van der Waals surface area contributed by atoms with Crippen molar-refractivity contribution in [2.45, 2.75) is 25.1 Å². The van der Waals surface area contributed by atoms with Crippen LogP contribution in [0.25, 0.3) is 11.1 Å². The minimum Gasteiger partial charge on any atom is -0.489 e.